The fraction of sp³-hybridized carbons (Fsp3) is 0.500. The summed E-state index contributed by atoms with van der Waals surface area (Å²) in [5, 5.41) is 3.33. The molecule has 0 aliphatic carbocycles. The molecular weight excluding hydrogens is 245 g/mol. The quantitative estimate of drug-likeness (QED) is 0.875. The van der Waals surface area contributed by atoms with Gasteiger partial charge in [-0.3, -0.25) is 4.79 Å². The van der Waals surface area contributed by atoms with Gasteiger partial charge >= 0.3 is 0 Å². The number of halogens is 1. The lowest BCUT2D eigenvalue weighted by Gasteiger charge is -2.30. The Bertz CT molecular complexity index is 482. The molecule has 1 amide bonds. The third-order valence-electron chi connectivity index (χ3n) is 3.71. The molecule has 0 unspecified atom stereocenters. The summed E-state index contributed by atoms with van der Waals surface area (Å²) in [6.07, 6.45) is 2.02. The van der Waals surface area contributed by atoms with Crippen LogP contribution in [0.25, 0.3) is 0 Å². The Balaban J connectivity index is 2.17. The zero-order valence-corrected chi connectivity index (χ0v) is 11.4. The smallest absolute Gasteiger partial charge is 0.248 e. The second kappa shape index (κ2) is 5.57. The van der Waals surface area contributed by atoms with E-state index < -0.39 is 11.7 Å². The van der Waals surface area contributed by atoms with Crippen LogP contribution in [0.15, 0.2) is 12.1 Å². The van der Waals surface area contributed by atoms with Crippen LogP contribution < -0.4 is 11.1 Å². The predicted molar refractivity (Wildman–Crippen MR) is 73.8 cm³/mol. The monoisotopic (exact) mass is 265 g/mol. The van der Waals surface area contributed by atoms with E-state index in [0.717, 1.165) is 25.9 Å². The number of amides is 1. The van der Waals surface area contributed by atoms with Gasteiger partial charge in [0.2, 0.25) is 5.91 Å². The highest BCUT2D eigenvalue weighted by Crippen LogP contribution is 2.23. The number of nitrogens with one attached hydrogen (secondary N) is 1. The molecule has 0 atom stereocenters. The number of anilines is 1. The first-order valence-electron chi connectivity index (χ1n) is 6.52. The van der Waals surface area contributed by atoms with Gasteiger partial charge in [0, 0.05) is 22.9 Å². The number of rotatable bonds is 3. The maximum Gasteiger partial charge on any atom is 0.248 e. The Hall–Kier alpha value is -1.62. The number of hydrogen-bond donors (Lipinski definition) is 2. The number of piperidine rings is 1. The van der Waals surface area contributed by atoms with Crippen LogP contribution in [0.4, 0.5) is 10.1 Å². The van der Waals surface area contributed by atoms with E-state index in [1.54, 1.807) is 13.0 Å². The van der Waals surface area contributed by atoms with Crippen LogP contribution in [0.5, 0.6) is 0 Å². The zero-order valence-electron chi connectivity index (χ0n) is 11.4. The molecule has 0 spiro atoms. The lowest BCUT2D eigenvalue weighted by Crippen LogP contribution is -2.36. The van der Waals surface area contributed by atoms with Gasteiger partial charge in [0.05, 0.1) is 0 Å². The summed E-state index contributed by atoms with van der Waals surface area (Å²) in [6.45, 7) is 3.75. The van der Waals surface area contributed by atoms with Crippen molar-refractivity contribution in [3.05, 3.63) is 29.1 Å². The van der Waals surface area contributed by atoms with Gasteiger partial charge in [-0.25, -0.2) is 4.39 Å². The largest absolute Gasteiger partial charge is 0.382 e. The fourth-order valence-electron chi connectivity index (χ4n) is 2.34. The Labute approximate surface area is 112 Å². The minimum atomic E-state index is -0.606. The van der Waals surface area contributed by atoms with Crippen LogP contribution in [0, 0.1) is 12.7 Å². The van der Waals surface area contributed by atoms with Crippen molar-refractivity contribution in [2.45, 2.75) is 25.8 Å². The zero-order chi connectivity index (χ0) is 14.0. The molecule has 104 valence electrons. The van der Waals surface area contributed by atoms with E-state index in [1.807, 2.05) is 0 Å². The predicted octanol–water partition coefficient (Wildman–Crippen LogP) is 1.74. The maximum atomic E-state index is 13.8. The van der Waals surface area contributed by atoms with Crippen LogP contribution >= 0.6 is 0 Å². The average molecular weight is 265 g/mol. The van der Waals surface area contributed by atoms with Gasteiger partial charge in [-0.05, 0) is 52.0 Å². The molecule has 1 aromatic rings. The number of primary amides is 1. The van der Waals surface area contributed by atoms with Crippen LogP contribution in [0.1, 0.15) is 28.8 Å². The topological polar surface area (TPSA) is 58.4 Å². The van der Waals surface area contributed by atoms with Gasteiger partial charge in [-0.1, -0.05) is 0 Å². The van der Waals surface area contributed by atoms with Gasteiger partial charge in [-0.15, -0.1) is 0 Å². The molecule has 19 heavy (non-hydrogen) atoms. The van der Waals surface area contributed by atoms with Crippen LogP contribution in [-0.2, 0) is 0 Å². The molecule has 5 heteroatoms. The molecule has 1 saturated heterocycles. The third kappa shape index (κ3) is 3.23. The van der Waals surface area contributed by atoms with Crippen molar-refractivity contribution < 1.29 is 9.18 Å². The van der Waals surface area contributed by atoms with Gasteiger partial charge in [-0.2, -0.15) is 0 Å². The first-order chi connectivity index (χ1) is 8.97. The number of carbonyl (C=O) groups excluding carboxylic acids is 1. The number of benzene rings is 1. The van der Waals surface area contributed by atoms with Crippen LogP contribution in [0.2, 0.25) is 0 Å². The third-order valence-corrected chi connectivity index (χ3v) is 3.71. The molecular formula is C14H20FN3O. The molecule has 0 saturated carbocycles. The number of nitrogens with zero attached hydrogens (tertiary/aromatic N) is 1. The number of likely N-dealkylation sites (tertiary alicyclic amines) is 1. The van der Waals surface area contributed by atoms with E-state index in [0.29, 0.717) is 17.3 Å². The minimum Gasteiger partial charge on any atom is -0.382 e. The molecule has 0 radical (unpaired) electrons. The number of nitrogens with two attached hydrogens (primary N) is 1. The first kappa shape index (κ1) is 13.8. The summed E-state index contributed by atoms with van der Waals surface area (Å²) in [4.78, 5) is 13.4. The fourth-order valence-corrected chi connectivity index (χ4v) is 2.34. The van der Waals surface area contributed by atoms with E-state index in [1.165, 1.54) is 6.07 Å². The van der Waals surface area contributed by atoms with Gasteiger partial charge in [0.1, 0.15) is 5.82 Å². The van der Waals surface area contributed by atoms with Crippen molar-refractivity contribution in [1.82, 2.24) is 4.90 Å². The maximum absolute atomic E-state index is 13.8. The Morgan fingerprint density at radius 1 is 1.42 bits per heavy atom. The second-order valence-corrected chi connectivity index (χ2v) is 5.22. The Morgan fingerprint density at radius 3 is 2.63 bits per heavy atom. The van der Waals surface area contributed by atoms with Crippen molar-refractivity contribution >= 4 is 11.6 Å². The van der Waals surface area contributed by atoms with E-state index in [-0.39, 0.29) is 5.56 Å². The van der Waals surface area contributed by atoms with E-state index in [2.05, 4.69) is 17.3 Å². The molecule has 0 aromatic heterocycles. The standard InChI is InChI=1S/C14H20FN3O/c1-9-12(15)7-10(14(16)19)8-13(9)17-11-3-5-18(2)6-4-11/h7-8,11,17H,3-6H2,1-2H3,(H2,16,19). The molecule has 1 heterocycles. The lowest BCUT2D eigenvalue weighted by atomic mass is 10.0. The summed E-state index contributed by atoms with van der Waals surface area (Å²) in [5.74, 6) is -1.00. The molecule has 1 aromatic carbocycles. The molecule has 2 rings (SSSR count). The Kier molecular flexibility index (Phi) is 4.04. The molecule has 3 N–H and O–H groups in total. The summed E-state index contributed by atoms with van der Waals surface area (Å²) < 4.78 is 13.8. The normalized spacial score (nSPS) is 17.4. The summed E-state index contributed by atoms with van der Waals surface area (Å²) >= 11 is 0. The molecule has 1 aliphatic rings. The summed E-state index contributed by atoms with van der Waals surface area (Å²) in [5.41, 5.74) is 6.62. The van der Waals surface area contributed by atoms with Crippen LogP contribution in [-0.4, -0.2) is 37.0 Å². The highest BCUT2D eigenvalue weighted by atomic mass is 19.1. The van der Waals surface area contributed by atoms with Crippen molar-refractivity contribution in [1.29, 1.82) is 0 Å². The number of hydrogen-bond acceptors (Lipinski definition) is 3. The van der Waals surface area contributed by atoms with Crippen molar-refractivity contribution in [2.75, 3.05) is 25.5 Å². The molecule has 1 aliphatic heterocycles. The van der Waals surface area contributed by atoms with Gasteiger partial charge in [0.25, 0.3) is 0 Å². The number of carbonyl (C=O) groups is 1. The van der Waals surface area contributed by atoms with Gasteiger partial charge < -0.3 is 16.0 Å². The van der Waals surface area contributed by atoms with E-state index >= 15 is 0 Å². The Morgan fingerprint density at radius 2 is 2.05 bits per heavy atom. The molecule has 0 bridgehead atoms. The SMILES string of the molecule is Cc1c(F)cc(C(N)=O)cc1NC1CCN(C)CC1. The lowest BCUT2D eigenvalue weighted by molar-refractivity contribution is 0.1000. The highest BCUT2D eigenvalue weighted by molar-refractivity contribution is 5.94. The van der Waals surface area contributed by atoms with Crippen molar-refractivity contribution in [3.8, 4) is 0 Å². The van der Waals surface area contributed by atoms with E-state index in [9.17, 15) is 9.18 Å². The van der Waals surface area contributed by atoms with Crippen molar-refractivity contribution in [3.63, 3.8) is 0 Å². The van der Waals surface area contributed by atoms with E-state index in [4.69, 9.17) is 5.73 Å². The van der Waals surface area contributed by atoms with Crippen LogP contribution in [0.3, 0.4) is 0 Å². The minimum absolute atomic E-state index is 0.207. The molecule has 4 nitrogen and oxygen atoms in total. The molecule has 1 fully saturated rings. The van der Waals surface area contributed by atoms with Gasteiger partial charge in [0.15, 0.2) is 0 Å². The highest BCUT2D eigenvalue weighted by Gasteiger charge is 2.18. The second-order valence-electron chi connectivity index (χ2n) is 5.22. The first-order valence-corrected chi connectivity index (χ1v) is 6.52. The average Bonchev–Trinajstić information content (AvgIpc) is 2.37. The summed E-state index contributed by atoms with van der Waals surface area (Å²) in [6, 6.07) is 3.15. The summed E-state index contributed by atoms with van der Waals surface area (Å²) in [7, 11) is 2.09. The van der Waals surface area contributed by atoms with Crippen molar-refractivity contribution in [2.24, 2.45) is 5.73 Å².